The third-order valence-electron chi connectivity index (χ3n) is 3.42. The van der Waals surface area contributed by atoms with Crippen molar-refractivity contribution >= 4 is 34.4 Å². The lowest BCUT2D eigenvalue weighted by atomic mass is 10.1. The number of nitrogens with zero attached hydrogens (tertiary/aromatic N) is 4. The molecule has 6 heteroatoms. The maximum absolute atomic E-state index is 6.05. The van der Waals surface area contributed by atoms with Gasteiger partial charge in [-0.1, -0.05) is 17.7 Å². The van der Waals surface area contributed by atoms with Crippen LogP contribution in [0.5, 0.6) is 0 Å². The van der Waals surface area contributed by atoms with Crippen LogP contribution in [0.4, 0.5) is 11.6 Å². The van der Waals surface area contributed by atoms with E-state index in [0.29, 0.717) is 22.1 Å². The second kappa shape index (κ2) is 4.93. The van der Waals surface area contributed by atoms with Gasteiger partial charge in [-0.3, -0.25) is 4.57 Å². The Bertz CT molecular complexity index is 822. The summed E-state index contributed by atoms with van der Waals surface area (Å²) >= 11 is 5.95. The van der Waals surface area contributed by atoms with E-state index in [4.69, 9.17) is 17.3 Å². The van der Waals surface area contributed by atoms with Crippen LogP contribution in [0, 0.1) is 6.92 Å². The molecule has 108 valence electrons. The van der Waals surface area contributed by atoms with Crippen LogP contribution in [0.3, 0.4) is 0 Å². The summed E-state index contributed by atoms with van der Waals surface area (Å²) in [6.07, 6.45) is 1.60. The van der Waals surface area contributed by atoms with Crippen molar-refractivity contribution in [2.24, 2.45) is 0 Å². The van der Waals surface area contributed by atoms with Gasteiger partial charge in [-0.25, -0.2) is 9.97 Å². The summed E-state index contributed by atoms with van der Waals surface area (Å²) in [5, 5.41) is 0.546. The van der Waals surface area contributed by atoms with Gasteiger partial charge in [0.1, 0.15) is 5.52 Å². The number of anilines is 2. The van der Waals surface area contributed by atoms with Crippen molar-refractivity contribution in [1.82, 2.24) is 14.5 Å². The van der Waals surface area contributed by atoms with Crippen LogP contribution in [0.15, 0.2) is 30.5 Å². The van der Waals surface area contributed by atoms with Gasteiger partial charge in [0.2, 0.25) is 5.95 Å². The van der Waals surface area contributed by atoms with Gasteiger partial charge in [-0.15, -0.1) is 0 Å². The monoisotopic (exact) mass is 301 g/mol. The van der Waals surface area contributed by atoms with Crippen LogP contribution >= 0.6 is 11.6 Å². The Morgan fingerprint density at radius 3 is 2.71 bits per heavy atom. The molecule has 21 heavy (non-hydrogen) atoms. The first-order valence-corrected chi connectivity index (χ1v) is 6.93. The first kappa shape index (κ1) is 13.7. The number of halogens is 1. The van der Waals surface area contributed by atoms with E-state index < -0.39 is 0 Å². The van der Waals surface area contributed by atoms with E-state index in [1.54, 1.807) is 12.3 Å². The molecular weight excluding hydrogens is 286 g/mol. The molecule has 5 nitrogen and oxygen atoms in total. The number of aromatic nitrogens is 3. The quantitative estimate of drug-likeness (QED) is 0.790. The van der Waals surface area contributed by atoms with Crippen LogP contribution in [-0.4, -0.2) is 28.6 Å². The topological polar surface area (TPSA) is 60.0 Å². The number of aryl methyl sites for hydroxylation is 1. The van der Waals surface area contributed by atoms with E-state index in [1.807, 2.05) is 24.7 Å². The predicted molar refractivity (Wildman–Crippen MR) is 87.4 cm³/mol. The second-order valence-electron chi connectivity index (χ2n) is 5.17. The lowest BCUT2D eigenvalue weighted by Crippen LogP contribution is -2.11. The Morgan fingerprint density at radius 1 is 1.24 bits per heavy atom. The fourth-order valence-corrected chi connectivity index (χ4v) is 2.58. The van der Waals surface area contributed by atoms with Crippen LogP contribution in [0.25, 0.3) is 16.9 Å². The minimum Gasteiger partial charge on any atom is -0.377 e. The fourth-order valence-electron chi connectivity index (χ4n) is 2.43. The average molecular weight is 302 g/mol. The third-order valence-corrected chi connectivity index (χ3v) is 3.63. The van der Waals surface area contributed by atoms with E-state index in [9.17, 15) is 0 Å². The fraction of sp³-hybridized carbons (Fsp3) is 0.200. The molecule has 0 atom stereocenters. The first-order valence-electron chi connectivity index (χ1n) is 6.55. The molecule has 0 aliphatic carbocycles. The van der Waals surface area contributed by atoms with Crippen molar-refractivity contribution in [2.75, 3.05) is 24.7 Å². The molecule has 0 saturated carbocycles. The van der Waals surface area contributed by atoms with Gasteiger partial charge in [0, 0.05) is 26.0 Å². The summed E-state index contributed by atoms with van der Waals surface area (Å²) in [5.41, 5.74) is 10.7. The molecule has 3 aromatic rings. The van der Waals surface area contributed by atoms with Crippen molar-refractivity contribution in [3.05, 3.63) is 41.0 Å². The van der Waals surface area contributed by atoms with Crippen molar-refractivity contribution in [3.63, 3.8) is 0 Å². The van der Waals surface area contributed by atoms with Crippen LogP contribution in [0.2, 0.25) is 5.02 Å². The molecule has 0 saturated heterocycles. The molecular formula is C15H16ClN5. The normalized spacial score (nSPS) is 11.0. The summed E-state index contributed by atoms with van der Waals surface area (Å²) in [6.45, 7) is 2.08. The third kappa shape index (κ3) is 2.29. The maximum Gasteiger partial charge on any atom is 0.207 e. The van der Waals surface area contributed by atoms with Gasteiger partial charge >= 0.3 is 0 Å². The van der Waals surface area contributed by atoms with E-state index in [-0.39, 0.29) is 0 Å². The van der Waals surface area contributed by atoms with Gasteiger partial charge < -0.3 is 10.6 Å². The van der Waals surface area contributed by atoms with E-state index in [0.717, 1.165) is 11.4 Å². The zero-order valence-electron chi connectivity index (χ0n) is 12.1. The molecule has 0 fully saturated rings. The van der Waals surface area contributed by atoms with E-state index >= 15 is 0 Å². The van der Waals surface area contributed by atoms with Gasteiger partial charge in [0.05, 0.1) is 10.7 Å². The largest absolute Gasteiger partial charge is 0.377 e. The molecule has 0 bridgehead atoms. The number of pyridine rings is 1. The minimum atomic E-state index is 0.397. The number of fused-ring (bicyclic) bond motifs is 1. The zero-order valence-corrected chi connectivity index (χ0v) is 12.9. The summed E-state index contributed by atoms with van der Waals surface area (Å²) in [5.74, 6) is 0.397. The highest BCUT2D eigenvalue weighted by atomic mass is 35.5. The van der Waals surface area contributed by atoms with Crippen molar-refractivity contribution in [3.8, 4) is 5.69 Å². The lowest BCUT2D eigenvalue weighted by molar-refractivity contribution is 1.06. The van der Waals surface area contributed by atoms with E-state index in [2.05, 4.69) is 33.9 Å². The van der Waals surface area contributed by atoms with Crippen molar-refractivity contribution < 1.29 is 0 Å². The number of hydrogen-bond acceptors (Lipinski definition) is 4. The molecule has 3 rings (SSSR count). The van der Waals surface area contributed by atoms with Gasteiger partial charge in [-0.05, 0) is 30.7 Å². The summed E-state index contributed by atoms with van der Waals surface area (Å²) in [4.78, 5) is 10.7. The molecule has 0 spiro atoms. The molecule has 0 radical (unpaired) electrons. The average Bonchev–Trinajstić information content (AvgIpc) is 2.74. The number of nitrogens with two attached hydrogens (primary N) is 1. The Balaban J connectivity index is 2.25. The molecule has 2 N–H and O–H groups in total. The number of nitrogen functional groups attached to an aromatic ring is 1. The highest BCUT2D eigenvalue weighted by Crippen LogP contribution is 2.27. The van der Waals surface area contributed by atoms with Gasteiger partial charge in [0.25, 0.3) is 0 Å². The second-order valence-corrected chi connectivity index (χ2v) is 5.60. The van der Waals surface area contributed by atoms with Crippen LogP contribution in [0.1, 0.15) is 5.56 Å². The number of hydrogen-bond donors (Lipinski definition) is 1. The molecule has 0 amide bonds. The molecule has 0 unspecified atom stereocenters. The Hall–Kier alpha value is -2.27. The maximum atomic E-state index is 6.05. The number of imidazole rings is 1. The Kier molecular flexibility index (Phi) is 3.22. The highest BCUT2D eigenvalue weighted by molar-refractivity contribution is 6.31. The highest BCUT2D eigenvalue weighted by Gasteiger charge is 2.13. The predicted octanol–water partition coefficient (Wildman–Crippen LogP) is 3.03. The summed E-state index contributed by atoms with van der Waals surface area (Å²) < 4.78 is 1.83. The van der Waals surface area contributed by atoms with Crippen molar-refractivity contribution in [1.29, 1.82) is 0 Å². The Labute approximate surface area is 128 Å². The minimum absolute atomic E-state index is 0.397. The SMILES string of the molecule is Cc1ccc(-n2c(N)nc3cc(Cl)cnc32)cc1N(C)C. The lowest BCUT2D eigenvalue weighted by Gasteiger charge is -2.17. The molecule has 2 aromatic heterocycles. The first-order chi connectivity index (χ1) is 9.97. The molecule has 2 heterocycles. The van der Waals surface area contributed by atoms with Crippen LogP contribution < -0.4 is 10.6 Å². The summed E-state index contributed by atoms with van der Waals surface area (Å²) in [6, 6.07) is 7.91. The van der Waals surface area contributed by atoms with Gasteiger partial charge in [0.15, 0.2) is 5.65 Å². The van der Waals surface area contributed by atoms with E-state index in [1.165, 1.54) is 5.56 Å². The zero-order chi connectivity index (χ0) is 15.1. The number of rotatable bonds is 2. The molecule has 0 aliphatic heterocycles. The smallest absolute Gasteiger partial charge is 0.207 e. The molecule has 1 aromatic carbocycles. The van der Waals surface area contributed by atoms with Crippen molar-refractivity contribution in [2.45, 2.75) is 6.92 Å². The summed E-state index contributed by atoms with van der Waals surface area (Å²) in [7, 11) is 4.03. The standard InChI is InChI=1S/C15H16ClN5/c1-9-4-5-11(7-13(9)20(2)3)21-14-12(19-15(21)17)6-10(16)8-18-14/h4-8H,1-3H3,(H2,17,19). The molecule has 0 aliphatic rings. The van der Waals surface area contributed by atoms with Gasteiger partial charge in [-0.2, -0.15) is 0 Å². The Morgan fingerprint density at radius 2 is 2.00 bits per heavy atom. The van der Waals surface area contributed by atoms with Crippen LogP contribution in [-0.2, 0) is 0 Å². The number of benzene rings is 1.